The van der Waals surface area contributed by atoms with E-state index in [-0.39, 0.29) is 26.4 Å². The zero-order valence-electron chi connectivity index (χ0n) is 22.4. The minimum atomic E-state index is -1.08. The molecule has 0 aliphatic heterocycles. The molecule has 0 saturated carbocycles. The third-order valence-corrected chi connectivity index (χ3v) is 6.37. The average molecular weight is 538 g/mol. The summed E-state index contributed by atoms with van der Waals surface area (Å²) in [6.45, 7) is 1.00. The molecule has 4 aromatic carbocycles. The minimum Gasteiger partial charge on any atom is -0.388 e. The first-order chi connectivity index (χ1) is 19.7. The number of hydrogen-bond acceptors (Lipinski definition) is 6. The van der Waals surface area contributed by atoms with Crippen LogP contribution in [0.3, 0.4) is 0 Å². The lowest BCUT2D eigenvalue weighted by Crippen LogP contribution is -2.49. The minimum absolute atomic E-state index is 0.00359. The molecule has 6 heteroatoms. The van der Waals surface area contributed by atoms with Crippen molar-refractivity contribution in [2.45, 2.75) is 50.8 Å². The van der Waals surface area contributed by atoms with Gasteiger partial charge in [0.25, 0.3) is 0 Å². The van der Waals surface area contributed by atoms with Gasteiger partial charge in [-0.1, -0.05) is 121 Å². The van der Waals surface area contributed by atoms with Crippen molar-refractivity contribution >= 4 is 0 Å². The van der Waals surface area contributed by atoms with Gasteiger partial charge in [-0.25, -0.2) is 0 Å². The van der Waals surface area contributed by atoms with Crippen molar-refractivity contribution in [1.82, 2.24) is 0 Å². The van der Waals surface area contributed by atoms with Crippen LogP contribution in [0.1, 0.15) is 22.3 Å². The van der Waals surface area contributed by atoms with Crippen LogP contribution in [0.4, 0.5) is 0 Å². The lowest BCUT2D eigenvalue weighted by Gasteiger charge is -2.33. The summed E-state index contributed by atoms with van der Waals surface area (Å²) in [6.07, 6.45) is -3.88. The largest absolute Gasteiger partial charge is 0.388 e. The van der Waals surface area contributed by atoms with Gasteiger partial charge in [-0.05, 0) is 22.3 Å². The second-order valence-electron chi connectivity index (χ2n) is 9.44. The zero-order chi connectivity index (χ0) is 27.8. The van der Waals surface area contributed by atoms with Gasteiger partial charge in [-0.2, -0.15) is 5.26 Å². The molecular formula is C34H35NO5. The highest BCUT2D eigenvalue weighted by Gasteiger charge is 2.37. The van der Waals surface area contributed by atoms with E-state index in [4.69, 9.17) is 18.9 Å². The van der Waals surface area contributed by atoms with Crippen LogP contribution >= 0.6 is 0 Å². The number of nitriles is 1. The lowest BCUT2D eigenvalue weighted by atomic mass is 10.0. The average Bonchev–Trinajstić information content (AvgIpc) is 3.01. The first kappa shape index (κ1) is 29.2. The normalized spacial score (nSPS) is 14.1. The van der Waals surface area contributed by atoms with Gasteiger partial charge in [0.05, 0.1) is 39.1 Å². The van der Waals surface area contributed by atoms with Crippen molar-refractivity contribution in [2.24, 2.45) is 0 Å². The van der Waals surface area contributed by atoms with Gasteiger partial charge < -0.3 is 24.1 Å². The maximum Gasteiger partial charge on any atom is 0.173 e. The number of hydrogen-bond donors (Lipinski definition) is 1. The molecule has 0 bridgehead atoms. The Balaban J connectivity index is 1.53. The summed E-state index contributed by atoms with van der Waals surface area (Å²) in [7, 11) is 0. The Morgan fingerprint density at radius 1 is 0.525 bits per heavy atom. The summed E-state index contributed by atoms with van der Waals surface area (Å²) in [5.41, 5.74) is 3.79. The molecule has 0 fully saturated rings. The van der Waals surface area contributed by atoms with Crippen LogP contribution in [0.25, 0.3) is 0 Å². The SMILES string of the molecule is N#C[C@H](OCc1ccccc1)[C@@H](OCc1ccccc1)[C@H](OCc1ccccc1)[C@H](O)COCc1ccccc1. The third-order valence-electron chi connectivity index (χ3n) is 6.37. The topological polar surface area (TPSA) is 80.9 Å². The smallest absolute Gasteiger partial charge is 0.173 e. The Hall–Kier alpha value is -3.83. The summed E-state index contributed by atoms with van der Waals surface area (Å²) < 4.78 is 24.5. The van der Waals surface area contributed by atoms with Gasteiger partial charge in [0, 0.05) is 0 Å². The molecule has 0 spiro atoms. The molecule has 0 aromatic heterocycles. The summed E-state index contributed by atoms with van der Waals surface area (Å²) in [5.74, 6) is 0. The molecule has 0 heterocycles. The molecule has 0 aliphatic carbocycles. The Labute approximate surface area is 236 Å². The van der Waals surface area contributed by atoms with E-state index < -0.39 is 24.4 Å². The monoisotopic (exact) mass is 537 g/mol. The fourth-order valence-electron chi connectivity index (χ4n) is 4.25. The fourth-order valence-corrected chi connectivity index (χ4v) is 4.25. The highest BCUT2D eigenvalue weighted by atomic mass is 16.6. The van der Waals surface area contributed by atoms with Gasteiger partial charge in [-0.3, -0.25) is 0 Å². The Morgan fingerprint density at radius 3 is 1.32 bits per heavy atom. The van der Waals surface area contributed by atoms with E-state index >= 15 is 0 Å². The number of aliphatic hydroxyl groups excluding tert-OH is 1. The quantitative estimate of drug-likeness (QED) is 0.193. The highest BCUT2D eigenvalue weighted by molar-refractivity contribution is 5.16. The maximum atomic E-state index is 11.4. The standard InChI is InChI=1S/C34H35NO5/c35-21-32(38-23-28-15-7-2-8-16-28)34(40-25-30-19-11-4-12-20-30)33(39-24-29-17-9-3-10-18-29)31(36)26-37-22-27-13-5-1-6-14-27/h1-20,31-34,36H,22-26H2/t31-,32+,33-,34-/m1/s1. The predicted molar refractivity (Wildman–Crippen MR) is 153 cm³/mol. The molecule has 4 aromatic rings. The summed E-state index contributed by atoms with van der Waals surface area (Å²) >= 11 is 0. The van der Waals surface area contributed by atoms with Crippen molar-refractivity contribution in [3.8, 4) is 6.07 Å². The summed E-state index contributed by atoms with van der Waals surface area (Å²) in [4.78, 5) is 0. The van der Waals surface area contributed by atoms with Crippen LogP contribution in [0.15, 0.2) is 121 Å². The van der Waals surface area contributed by atoms with Crippen LogP contribution in [-0.4, -0.2) is 36.1 Å². The number of rotatable bonds is 16. The van der Waals surface area contributed by atoms with E-state index in [1.54, 1.807) is 0 Å². The number of nitrogens with zero attached hydrogens (tertiary/aromatic N) is 1. The Kier molecular flexibility index (Phi) is 11.9. The predicted octanol–water partition coefficient (Wildman–Crippen LogP) is 5.84. The van der Waals surface area contributed by atoms with Crippen molar-refractivity contribution < 1.29 is 24.1 Å². The van der Waals surface area contributed by atoms with Gasteiger partial charge in [0.2, 0.25) is 0 Å². The van der Waals surface area contributed by atoms with E-state index in [0.717, 1.165) is 22.3 Å². The van der Waals surface area contributed by atoms with E-state index in [0.29, 0.717) is 6.61 Å². The number of ether oxygens (including phenoxy) is 4. The van der Waals surface area contributed by atoms with Crippen LogP contribution < -0.4 is 0 Å². The molecule has 0 saturated heterocycles. The van der Waals surface area contributed by atoms with E-state index in [1.807, 2.05) is 121 Å². The zero-order valence-corrected chi connectivity index (χ0v) is 22.4. The Morgan fingerprint density at radius 2 is 0.900 bits per heavy atom. The molecule has 0 aliphatic rings. The maximum absolute atomic E-state index is 11.4. The van der Waals surface area contributed by atoms with Crippen LogP contribution in [0.2, 0.25) is 0 Å². The molecule has 206 valence electrons. The van der Waals surface area contributed by atoms with E-state index in [9.17, 15) is 10.4 Å². The second-order valence-corrected chi connectivity index (χ2v) is 9.44. The van der Waals surface area contributed by atoms with Crippen molar-refractivity contribution in [3.63, 3.8) is 0 Å². The van der Waals surface area contributed by atoms with Crippen molar-refractivity contribution in [1.29, 1.82) is 5.26 Å². The van der Waals surface area contributed by atoms with Gasteiger partial charge in [0.15, 0.2) is 6.10 Å². The van der Waals surface area contributed by atoms with Crippen LogP contribution in [0, 0.1) is 11.3 Å². The van der Waals surface area contributed by atoms with E-state index in [1.165, 1.54) is 0 Å². The van der Waals surface area contributed by atoms with Crippen LogP contribution in [-0.2, 0) is 45.4 Å². The molecule has 1 N–H and O–H groups in total. The van der Waals surface area contributed by atoms with Gasteiger partial charge in [-0.15, -0.1) is 0 Å². The lowest BCUT2D eigenvalue weighted by molar-refractivity contribution is -0.177. The molecule has 4 atom stereocenters. The second kappa shape index (κ2) is 16.3. The van der Waals surface area contributed by atoms with Crippen LogP contribution in [0.5, 0.6) is 0 Å². The summed E-state index contributed by atoms with van der Waals surface area (Å²) in [6, 6.07) is 41.0. The van der Waals surface area contributed by atoms with Gasteiger partial charge >= 0.3 is 0 Å². The van der Waals surface area contributed by atoms with Gasteiger partial charge in [0.1, 0.15) is 18.3 Å². The fraction of sp³-hybridized carbons (Fsp3) is 0.265. The number of aliphatic hydroxyl groups is 1. The summed E-state index contributed by atoms with van der Waals surface area (Å²) in [5, 5.41) is 21.6. The number of benzene rings is 4. The third kappa shape index (κ3) is 9.42. The molecule has 6 nitrogen and oxygen atoms in total. The van der Waals surface area contributed by atoms with Crippen molar-refractivity contribution in [2.75, 3.05) is 6.61 Å². The molecule has 0 amide bonds. The molecule has 0 unspecified atom stereocenters. The van der Waals surface area contributed by atoms with E-state index in [2.05, 4.69) is 6.07 Å². The Bertz CT molecular complexity index is 1270. The first-order valence-electron chi connectivity index (χ1n) is 13.4. The molecule has 0 radical (unpaired) electrons. The molecule has 40 heavy (non-hydrogen) atoms. The highest BCUT2D eigenvalue weighted by Crippen LogP contribution is 2.21. The molecule has 4 rings (SSSR count). The first-order valence-corrected chi connectivity index (χ1v) is 13.4. The van der Waals surface area contributed by atoms with Crippen molar-refractivity contribution in [3.05, 3.63) is 144 Å². The molecular weight excluding hydrogens is 502 g/mol.